The fraction of sp³-hybridized carbons (Fsp3) is 0.389. The van der Waals surface area contributed by atoms with Gasteiger partial charge in [-0.1, -0.05) is 0 Å². The topological polar surface area (TPSA) is 120 Å². The number of ether oxygens (including phenoxy) is 1. The highest BCUT2D eigenvalue weighted by Crippen LogP contribution is 2.11. The summed E-state index contributed by atoms with van der Waals surface area (Å²) >= 11 is 0. The number of imide groups is 1. The van der Waals surface area contributed by atoms with E-state index in [1.807, 2.05) is 6.07 Å². The van der Waals surface area contributed by atoms with Crippen LogP contribution in [0.5, 0.6) is 0 Å². The van der Waals surface area contributed by atoms with Crippen molar-refractivity contribution in [3.8, 4) is 6.07 Å². The van der Waals surface area contributed by atoms with Crippen LogP contribution < -0.4 is 5.32 Å². The van der Waals surface area contributed by atoms with Gasteiger partial charge in [0.05, 0.1) is 11.6 Å². The summed E-state index contributed by atoms with van der Waals surface area (Å²) in [5, 5.41) is 11.3. The molecule has 142 valence electrons. The molecule has 1 aliphatic rings. The Morgan fingerprint density at radius 1 is 1.30 bits per heavy atom. The zero-order chi connectivity index (χ0) is 20.0. The predicted octanol–water partition coefficient (Wildman–Crippen LogP) is 1.10. The molecule has 1 saturated heterocycles. The molecular weight excluding hydrogens is 352 g/mol. The van der Waals surface area contributed by atoms with Crippen LogP contribution in [0.3, 0.4) is 0 Å². The van der Waals surface area contributed by atoms with E-state index in [1.165, 1.54) is 18.9 Å². The number of carbonyl (C=O) groups excluding carboxylic acids is 4. The Hall–Kier alpha value is -3.41. The quantitative estimate of drug-likeness (QED) is 0.565. The highest BCUT2D eigenvalue weighted by Gasteiger charge is 2.33. The fourth-order valence-electron chi connectivity index (χ4n) is 2.45. The van der Waals surface area contributed by atoms with Crippen LogP contribution in [0, 0.1) is 11.3 Å². The van der Waals surface area contributed by atoms with Gasteiger partial charge < -0.3 is 15.0 Å². The minimum absolute atomic E-state index is 0.0186. The van der Waals surface area contributed by atoms with E-state index in [4.69, 9.17) is 10.00 Å². The Balaban J connectivity index is 1.74. The van der Waals surface area contributed by atoms with Crippen molar-refractivity contribution in [2.24, 2.45) is 0 Å². The standard InChI is InChI=1S/C18H20N4O5/c1-12(17(25)20-14-7-5-13(10-19)6-8-14)27-16(24)4-3-9-22-15(23)11-21(2)18(22)26/h5-8,12H,3-4,9,11H2,1-2H3,(H,20,25)/t12-/m1/s1. The Morgan fingerprint density at radius 2 is 1.96 bits per heavy atom. The van der Waals surface area contributed by atoms with Gasteiger partial charge in [0, 0.05) is 25.7 Å². The van der Waals surface area contributed by atoms with Gasteiger partial charge in [0.15, 0.2) is 6.10 Å². The highest BCUT2D eigenvalue weighted by molar-refractivity contribution is 6.01. The van der Waals surface area contributed by atoms with Crippen LogP contribution in [-0.2, 0) is 19.1 Å². The Kier molecular flexibility index (Phi) is 6.49. The van der Waals surface area contributed by atoms with Gasteiger partial charge >= 0.3 is 12.0 Å². The molecule has 0 bridgehead atoms. The van der Waals surface area contributed by atoms with Gasteiger partial charge in [0.1, 0.15) is 6.54 Å². The zero-order valence-corrected chi connectivity index (χ0v) is 15.1. The van der Waals surface area contributed by atoms with Crippen molar-refractivity contribution in [3.63, 3.8) is 0 Å². The molecule has 0 aliphatic carbocycles. The average molecular weight is 372 g/mol. The minimum Gasteiger partial charge on any atom is -0.453 e. The van der Waals surface area contributed by atoms with Crippen LogP contribution >= 0.6 is 0 Å². The van der Waals surface area contributed by atoms with Crippen LogP contribution in [-0.4, -0.2) is 59.9 Å². The van der Waals surface area contributed by atoms with Crippen LogP contribution in [0.2, 0.25) is 0 Å². The molecule has 0 radical (unpaired) electrons. The van der Waals surface area contributed by atoms with E-state index in [2.05, 4.69) is 5.32 Å². The monoisotopic (exact) mass is 372 g/mol. The lowest BCUT2D eigenvalue weighted by Crippen LogP contribution is -2.33. The van der Waals surface area contributed by atoms with Gasteiger partial charge in [0.25, 0.3) is 5.91 Å². The molecule has 1 aromatic carbocycles. The van der Waals surface area contributed by atoms with Crippen molar-refractivity contribution in [1.82, 2.24) is 9.80 Å². The average Bonchev–Trinajstić information content (AvgIpc) is 2.88. The molecule has 9 nitrogen and oxygen atoms in total. The molecule has 2 rings (SSSR count). The maximum absolute atomic E-state index is 12.1. The van der Waals surface area contributed by atoms with Crippen molar-refractivity contribution in [2.75, 3.05) is 25.5 Å². The number of rotatable bonds is 7. The number of nitriles is 1. The largest absolute Gasteiger partial charge is 0.453 e. The normalized spacial score (nSPS) is 14.7. The number of benzene rings is 1. The van der Waals surface area contributed by atoms with E-state index in [0.717, 1.165) is 4.90 Å². The van der Waals surface area contributed by atoms with Gasteiger partial charge in [-0.15, -0.1) is 0 Å². The lowest BCUT2D eigenvalue weighted by Gasteiger charge is -2.15. The van der Waals surface area contributed by atoms with Gasteiger partial charge in [-0.05, 0) is 37.6 Å². The SMILES string of the molecule is C[C@@H](OC(=O)CCCN1C(=O)CN(C)C1=O)C(=O)Nc1ccc(C#N)cc1. The first-order valence-corrected chi connectivity index (χ1v) is 8.37. The summed E-state index contributed by atoms with van der Waals surface area (Å²) < 4.78 is 5.07. The first kappa shape index (κ1) is 19.9. The number of likely N-dealkylation sites (N-methyl/N-ethyl adjacent to an activating group) is 1. The van der Waals surface area contributed by atoms with E-state index in [0.29, 0.717) is 11.3 Å². The molecule has 1 N–H and O–H groups in total. The predicted molar refractivity (Wildman–Crippen MR) is 94.3 cm³/mol. The second-order valence-electron chi connectivity index (χ2n) is 6.10. The first-order chi connectivity index (χ1) is 12.8. The molecule has 9 heteroatoms. The molecule has 0 aromatic heterocycles. The third-order valence-electron chi connectivity index (χ3n) is 3.95. The van der Waals surface area contributed by atoms with E-state index in [1.54, 1.807) is 24.3 Å². The van der Waals surface area contributed by atoms with Crippen LogP contribution in [0.25, 0.3) is 0 Å². The lowest BCUT2D eigenvalue weighted by atomic mass is 10.2. The number of urea groups is 1. The Bertz CT molecular complexity index is 784. The summed E-state index contributed by atoms with van der Waals surface area (Å²) in [6, 6.07) is 7.86. The van der Waals surface area contributed by atoms with E-state index in [-0.39, 0.29) is 37.9 Å². The van der Waals surface area contributed by atoms with Crippen molar-refractivity contribution in [1.29, 1.82) is 5.26 Å². The van der Waals surface area contributed by atoms with Gasteiger partial charge in [0.2, 0.25) is 5.91 Å². The van der Waals surface area contributed by atoms with Crippen LogP contribution in [0.15, 0.2) is 24.3 Å². The summed E-state index contributed by atoms with van der Waals surface area (Å²) in [4.78, 5) is 49.6. The molecular formula is C18H20N4O5. The maximum atomic E-state index is 12.1. The fourth-order valence-corrected chi connectivity index (χ4v) is 2.45. The molecule has 1 atom stereocenters. The number of esters is 1. The maximum Gasteiger partial charge on any atom is 0.326 e. The van der Waals surface area contributed by atoms with Crippen LogP contribution in [0.1, 0.15) is 25.3 Å². The number of carbonyl (C=O) groups is 4. The molecule has 1 aliphatic heterocycles. The Labute approximate surface area is 156 Å². The number of hydrogen-bond acceptors (Lipinski definition) is 6. The summed E-state index contributed by atoms with van der Waals surface area (Å²) in [5.74, 6) is -1.39. The number of amides is 4. The summed E-state index contributed by atoms with van der Waals surface area (Å²) in [6.07, 6.45) is -0.766. The molecule has 0 spiro atoms. The molecule has 0 saturated carbocycles. The number of hydrogen-bond donors (Lipinski definition) is 1. The Morgan fingerprint density at radius 3 is 2.52 bits per heavy atom. The molecule has 1 fully saturated rings. The molecule has 0 unspecified atom stereocenters. The molecule has 1 heterocycles. The third kappa shape index (κ3) is 5.28. The third-order valence-corrected chi connectivity index (χ3v) is 3.95. The molecule has 1 aromatic rings. The smallest absolute Gasteiger partial charge is 0.326 e. The van der Waals surface area contributed by atoms with Gasteiger partial charge in [-0.3, -0.25) is 19.3 Å². The van der Waals surface area contributed by atoms with Gasteiger partial charge in [-0.25, -0.2) is 4.79 Å². The van der Waals surface area contributed by atoms with Crippen molar-refractivity contribution in [2.45, 2.75) is 25.9 Å². The minimum atomic E-state index is -1.01. The second-order valence-corrected chi connectivity index (χ2v) is 6.10. The van der Waals surface area contributed by atoms with Crippen molar-refractivity contribution in [3.05, 3.63) is 29.8 Å². The van der Waals surface area contributed by atoms with Crippen molar-refractivity contribution >= 4 is 29.5 Å². The highest BCUT2D eigenvalue weighted by atomic mass is 16.5. The number of nitrogens with zero attached hydrogens (tertiary/aromatic N) is 3. The molecule has 27 heavy (non-hydrogen) atoms. The summed E-state index contributed by atoms with van der Waals surface area (Å²) in [6.45, 7) is 1.61. The van der Waals surface area contributed by atoms with Gasteiger partial charge in [-0.2, -0.15) is 5.26 Å². The van der Waals surface area contributed by atoms with E-state index < -0.39 is 18.0 Å². The second kappa shape index (κ2) is 8.80. The van der Waals surface area contributed by atoms with E-state index >= 15 is 0 Å². The first-order valence-electron chi connectivity index (χ1n) is 8.37. The zero-order valence-electron chi connectivity index (χ0n) is 15.1. The molecule has 4 amide bonds. The van der Waals surface area contributed by atoms with Crippen LogP contribution in [0.4, 0.5) is 10.5 Å². The van der Waals surface area contributed by atoms with Crippen molar-refractivity contribution < 1.29 is 23.9 Å². The number of anilines is 1. The lowest BCUT2D eigenvalue weighted by molar-refractivity contribution is -0.153. The summed E-state index contributed by atoms with van der Waals surface area (Å²) in [5.41, 5.74) is 0.950. The van der Waals surface area contributed by atoms with E-state index in [9.17, 15) is 19.2 Å². The number of nitrogens with one attached hydrogen (secondary N) is 1. The summed E-state index contributed by atoms with van der Waals surface area (Å²) in [7, 11) is 1.53.